The summed E-state index contributed by atoms with van der Waals surface area (Å²) in [5.74, 6) is -0.114. The van der Waals surface area contributed by atoms with Crippen molar-refractivity contribution in [1.82, 2.24) is 10.3 Å². The molecule has 6 nitrogen and oxygen atoms in total. The van der Waals surface area contributed by atoms with Gasteiger partial charge >= 0.3 is 0 Å². The number of carbonyl (C=O) groups is 2. The number of rotatable bonds is 7. The average Bonchev–Trinajstić information content (AvgIpc) is 2.61. The molecule has 1 aliphatic heterocycles. The number of unbranched alkanes of at least 4 members (excludes halogenated alkanes) is 2. The van der Waals surface area contributed by atoms with E-state index in [2.05, 4.69) is 17.3 Å². The molecular formula is C19H28N4O2. The lowest BCUT2D eigenvalue weighted by atomic mass is 10.2. The van der Waals surface area contributed by atoms with Crippen molar-refractivity contribution in [3.63, 3.8) is 0 Å². The van der Waals surface area contributed by atoms with Crippen LogP contribution in [0, 0.1) is 0 Å². The summed E-state index contributed by atoms with van der Waals surface area (Å²) in [6.45, 7) is 8.54. The van der Waals surface area contributed by atoms with Crippen molar-refractivity contribution in [2.75, 3.05) is 11.6 Å². The molecule has 1 heterocycles. The van der Waals surface area contributed by atoms with E-state index >= 15 is 0 Å². The Labute approximate surface area is 149 Å². The molecule has 0 bridgehead atoms. The number of benzene rings is 1. The molecule has 1 aromatic rings. The fourth-order valence-corrected chi connectivity index (χ4v) is 2.76. The van der Waals surface area contributed by atoms with Crippen molar-refractivity contribution in [2.24, 2.45) is 4.99 Å². The first-order valence-corrected chi connectivity index (χ1v) is 9.00. The van der Waals surface area contributed by atoms with Crippen molar-refractivity contribution < 1.29 is 9.59 Å². The van der Waals surface area contributed by atoms with E-state index in [0.717, 1.165) is 19.3 Å². The molecule has 2 amide bonds. The first-order valence-electron chi connectivity index (χ1n) is 9.00. The Balaban J connectivity index is 2.20. The Hall–Kier alpha value is -2.37. The lowest BCUT2D eigenvalue weighted by Crippen LogP contribution is -2.59. The van der Waals surface area contributed by atoms with Crippen molar-refractivity contribution in [3.8, 4) is 0 Å². The smallest absolute Gasteiger partial charge is 0.290 e. The average molecular weight is 344 g/mol. The van der Waals surface area contributed by atoms with Crippen LogP contribution in [0.25, 0.3) is 0 Å². The van der Waals surface area contributed by atoms with E-state index in [9.17, 15) is 9.59 Å². The van der Waals surface area contributed by atoms with Crippen LogP contribution < -0.4 is 10.4 Å². The number of hydrogen-bond donors (Lipinski definition) is 1. The Morgan fingerprint density at radius 2 is 1.96 bits per heavy atom. The summed E-state index contributed by atoms with van der Waals surface area (Å²) in [7, 11) is 0. The minimum Gasteiger partial charge on any atom is -0.334 e. The number of amides is 2. The third-order valence-corrected chi connectivity index (χ3v) is 4.22. The molecule has 2 rings (SSSR count). The second-order valence-electron chi connectivity index (χ2n) is 6.57. The summed E-state index contributed by atoms with van der Waals surface area (Å²) in [5.41, 5.74) is 3.61. The molecule has 1 aromatic carbocycles. The number of para-hydroxylation sites is 1. The number of aliphatic imine (C=N–C) groups is 1. The van der Waals surface area contributed by atoms with E-state index < -0.39 is 6.04 Å². The van der Waals surface area contributed by atoms with Gasteiger partial charge in [0.25, 0.3) is 11.8 Å². The molecule has 0 aromatic heterocycles. The molecule has 1 N–H and O–H groups in total. The number of hydrazine groups is 1. The van der Waals surface area contributed by atoms with Gasteiger partial charge < -0.3 is 4.90 Å². The summed E-state index contributed by atoms with van der Waals surface area (Å²) >= 11 is 0. The molecule has 0 saturated carbocycles. The summed E-state index contributed by atoms with van der Waals surface area (Å²) in [6.07, 6.45) is 3.15. The van der Waals surface area contributed by atoms with Crippen LogP contribution in [0.4, 0.5) is 5.69 Å². The number of nitrogens with one attached hydrogen (secondary N) is 1. The molecule has 0 fully saturated rings. The second kappa shape index (κ2) is 8.65. The molecule has 136 valence electrons. The van der Waals surface area contributed by atoms with Gasteiger partial charge in [-0.1, -0.05) is 38.0 Å². The number of amidine groups is 1. The van der Waals surface area contributed by atoms with Crippen LogP contribution >= 0.6 is 0 Å². The maximum absolute atomic E-state index is 13.0. The van der Waals surface area contributed by atoms with E-state index in [1.165, 1.54) is 5.01 Å². The van der Waals surface area contributed by atoms with E-state index in [4.69, 9.17) is 0 Å². The molecular weight excluding hydrogens is 316 g/mol. The Kier molecular flexibility index (Phi) is 6.56. The van der Waals surface area contributed by atoms with E-state index in [1.54, 1.807) is 6.92 Å². The fraction of sp³-hybridized carbons (Fsp3) is 0.526. The molecule has 0 saturated heterocycles. The Bertz CT molecular complexity index is 628. The van der Waals surface area contributed by atoms with E-state index in [-0.39, 0.29) is 23.7 Å². The van der Waals surface area contributed by atoms with Crippen LogP contribution in [-0.4, -0.2) is 41.2 Å². The SMILES string of the molecule is CCCCCN(C(=O)C1=NC(C)C(=O)N(c2ccccc2)N1)C(C)C. The van der Waals surface area contributed by atoms with Gasteiger partial charge in [-0.3, -0.25) is 15.0 Å². The maximum atomic E-state index is 13.0. The van der Waals surface area contributed by atoms with Gasteiger partial charge in [0, 0.05) is 12.6 Å². The van der Waals surface area contributed by atoms with Crippen LogP contribution in [-0.2, 0) is 9.59 Å². The minimum absolute atomic E-state index is 0.0759. The fourth-order valence-electron chi connectivity index (χ4n) is 2.76. The zero-order valence-electron chi connectivity index (χ0n) is 15.5. The third-order valence-electron chi connectivity index (χ3n) is 4.22. The second-order valence-corrected chi connectivity index (χ2v) is 6.57. The van der Waals surface area contributed by atoms with Gasteiger partial charge in [0.05, 0.1) is 5.69 Å². The molecule has 6 heteroatoms. The number of anilines is 1. The van der Waals surface area contributed by atoms with Gasteiger partial charge in [-0.2, -0.15) is 0 Å². The minimum atomic E-state index is -0.593. The number of hydrogen-bond acceptors (Lipinski definition) is 4. The summed E-state index contributed by atoms with van der Waals surface area (Å²) in [4.78, 5) is 31.5. The highest BCUT2D eigenvalue weighted by Gasteiger charge is 2.33. The van der Waals surface area contributed by atoms with Crippen molar-refractivity contribution in [3.05, 3.63) is 30.3 Å². The molecule has 0 spiro atoms. The van der Waals surface area contributed by atoms with Gasteiger partial charge in [0.15, 0.2) is 0 Å². The topological polar surface area (TPSA) is 65.0 Å². The zero-order chi connectivity index (χ0) is 18.4. The molecule has 25 heavy (non-hydrogen) atoms. The predicted molar refractivity (Wildman–Crippen MR) is 100 cm³/mol. The van der Waals surface area contributed by atoms with Gasteiger partial charge in [0.1, 0.15) is 6.04 Å². The van der Waals surface area contributed by atoms with Crippen LogP contribution in [0.3, 0.4) is 0 Å². The first-order chi connectivity index (χ1) is 12.0. The van der Waals surface area contributed by atoms with E-state index in [1.807, 2.05) is 49.1 Å². The molecule has 0 radical (unpaired) electrons. The molecule has 1 atom stereocenters. The van der Waals surface area contributed by atoms with E-state index in [0.29, 0.717) is 12.2 Å². The largest absolute Gasteiger partial charge is 0.334 e. The van der Waals surface area contributed by atoms with Crippen LogP contribution in [0.2, 0.25) is 0 Å². The van der Waals surface area contributed by atoms with Gasteiger partial charge in [-0.05, 0) is 39.3 Å². The van der Waals surface area contributed by atoms with Crippen molar-refractivity contribution in [2.45, 2.75) is 59.0 Å². The highest BCUT2D eigenvalue weighted by molar-refractivity contribution is 6.39. The molecule has 1 aliphatic rings. The maximum Gasteiger partial charge on any atom is 0.290 e. The third kappa shape index (κ3) is 4.59. The van der Waals surface area contributed by atoms with Crippen LogP contribution in [0.1, 0.15) is 47.0 Å². The van der Waals surface area contributed by atoms with Gasteiger partial charge in [0.2, 0.25) is 5.84 Å². The normalized spacial score (nSPS) is 17.3. The summed E-state index contributed by atoms with van der Waals surface area (Å²) < 4.78 is 0. The number of nitrogens with zero attached hydrogens (tertiary/aromatic N) is 3. The van der Waals surface area contributed by atoms with Crippen LogP contribution in [0.15, 0.2) is 35.3 Å². The monoisotopic (exact) mass is 344 g/mol. The lowest BCUT2D eigenvalue weighted by Gasteiger charge is -2.34. The summed E-state index contributed by atoms with van der Waals surface area (Å²) in [5, 5.41) is 1.41. The zero-order valence-corrected chi connectivity index (χ0v) is 15.5. The lowest BCUT2D eigenvalue weighted by molar-refractivity contribution is -0.126. The Morgan fingerprint density at radius 1 is 1.28 bits per heavy atom. The quantitative estimate of drug-likeness (QED) is 0.774. The van der Waals surface area contributed by atoms with Gasteiger partial charge in [-0.25, -0.2) is 10.0 Å². The predicted octanol–water partition coefficient (Wildman–Crippen LogP) is 2.75. The summed E-state index contributed by atoms with van der Waals surface area (Å²) in [6, 6.07) is 8.73. The van der Waals surface area contributed by atoms with Crippen molar-refractivity contribution >= 4 is 23.3 Å². The highest BCUT2D eigenvalue weighted by atomic mass is 16.2. The highest BCUT2D eigenvalue weighted by Crippen LogP contribution is 2.17. The first kappa shape index (κ1) is 19.0. The van der Waals surface area contributed by atoms with Crippen LogP contribution in [0.5, 0.6) is 0 Å². The van der Waals surface area contributed by atoms with Crippen molar-refractivity contribution in [1.29, 1.82) is 0 Å². The number of carbonyl (C=O) groups excluding carboxylic acids is 2. The van der Waals surface area contributed by atoms with Gasteiger partial charge in [-0.15, -0.1) is 0 Å². The Morgan fingerprint density at radius 3 is 2.56 bits per heavy atom. The molecule has 0 aliphatic carbocycles. The molecule has 1 unspecified atom stereocenters. The standard InChI is InChI=1S/C19H28N4O2/c1-5-6-10-13-22(14(2)3)19(25)17-20-15(4)18(24)23(21-17)16-11-8-7-9-12-16/h7-9,11-12,14-15H,5-6,10,13H2,1-4H3,(H,20,21).